The molecule has 2 aromatic carbocycles. The second-order valence-electron chi connectivity index (χ2n) is 8.08. The highest BCUT2D eigenvalue weighted by molar-refractivity contribution is 5.85. The largest absolute Gasteiger partial charge is 0.445 e. The third-order valence-electron chi connectivity index (χ3n) is 4.86. The summed E-state index contributed by atoms with van der Waals surface area (Å²) in [5.41, 5.74) is 2.00. The van der Waals surface area contributed by atoms with E-state index in [1.165, 1.54) is 7.11 Å². The molecule has 6 nitrogen and oxygen atoms in total. The second-order valence-corrected chi connectivity index (χ2v) is 8.08. The molecule has 0 heterocycles. The minimum Gasteiger partial charge on any atom is -0.445 e. The summed E-state index contributed by atoms with van der Waals surface area (Å²) < 4.78 is 10.4. The molecule has 6 heteroatoms. The Morgan fingerprint density at radius 3 is 2.13 bits per heavy atom. The van der Waals surface area contributed by atoms with Gasteiger partial charge in [-0.2, -0.15) is 0 Å². The number of carbonyl (C=O) groups excluding carboxylic acids is 2. The maximum atomic E-state index is 12.6. The van der Waals surface area contributed by atoms with E-state index in [0.29, 0.717) is 18.9 Å². The number of hydrogen-bond donors (Lipinski definition) is 2. The molecule has 0 aliphatic heterocycles. The Hall–Kier alpha value is -2.70. The molecule has 31 heavy (non-hydrogen) atoms. The van der Waals surface area contributed by atoms with Crippen LogP contribution in [0, 0.1) is 5.92 Å². The first-order chi connectivity index (χ1) is 15.0. The van der Waals surface area contributed by atoms with E-state index in [-0.39, 0.29) is 31.1 Å². The lowest BCUT2D eigenvalue weighted by Gasteiger charge is -2.24. The van der Waals surface area contributed by atoms with E-state index in [0.717, 1.165) is 17.5 Å². The van der Waals surface area contributed by atoms with Crippen molar-refractivity contribution in [2.75, 3.05) is 20.3 Å². The van der Waals surface area contributed by atoms with Crippen molar-refractivity contribution in [1.29, 1.82) is 0 Å². The summed E-state index contributed by atoms with van der Waals surface area (Å²) in [7, 11) is 1.52. The molecular weight excluding hydrogens is 392 g/mol. The minimum absolute atomic E-state index is 0.0127. The van der Waals surface area contributed by atoms with Gasteiger partial charge in [0.2, 0.25) is 0 Å². The van der Waals surface area contributed by atoms with E-state index < -0.39 is 6.09 Å². The Labute approximate surface area is 185 Å². The molecule has 0 aromatic heterocycles. The minimum atomic E-state index is -0.459. The summed E-state index contributed by atoms with van der Waals surface area (Å²) in [5.74, 6) is 0.366. The molecule has 0 radical (unpaired) electrons. The van der Waals surface area contributed by atoms with Crippen LogP contribution < -0.4 is 10.6 Å². The quantitative estimate of drug-likeness (QED) is 0.510. The van der Waals surface area contributed by atoms with Crippen molar-refractivity contribution in [3.05, 3.63) is 71.8 Å². The van der Waals surface area contributed by atoms with E-state index in [1.54, 1.807) is 0 Å². The number of alkyl carbamates (subject to hydrolysis) is 1. The van der Waals surface area contributed by atoms with Gasteiger partial charge in [0.1, 0.15) is 13.2 Å². The zero-order chi connectivity index (χ0) is 22.5. The van der Waals surface area contributed by atoms with Crippen molar-refractivity contribution in [2.24, 2.45) is 5.92 Å². The summed E-state index contributed by atoms with van der Waals surface area (Å²) in [6.07, 6.45) is 0.874. The zero-order valence-corrected chi connectivity index (χ0v) is 18.7. The molecule has 2 atom stereocenters. The molecule has 2 N–H and O–H groups in total. The van der Waals surface area contributed by atoms with Gasteiger partial charge in [0.25, 0.3) is 0 Å². The van der Waals surface area contributed by atoms with Gasteiger partial charge in [-0.05, 0) is 29.9 Å². The second kappa shape index (κ2) is 13.6. The average molecular weight is 427 g/mol. The smallest absolute Gasteiger partial charge is 0.407 e. The maximum Gasteiger partial charge on any atom is 0.407 e. The van der Waals surface area contributed by atoms with Gasteiger partial charge in [-0.3, -0.25) is 4.79 Å². The molecule has 0 aliphatic rings. The predicted octanol–water partition coefficient (Wildman–Crippen LogP) is 3.74. The first-order valence-electron chi connectivity index (χ1n) is 10.7. The van der Waals surface area contributed by atoms with Crippen molar-refractivity contribution >= 4 is 11.9 Å². The van der Waals surface area contributed by atoms with E-state index >= 15 is 0 Å². The van der Waals surface area contributed by atoms with Crippen LogP contribution in [-0.2, 0) is 27.3 Å². The SMILES string of the molecule is COCC(=O)C(Cc1ccccc1)NCC(CC(C)C)NC(=O)OCc1ccccc1. The van der Waals surface area contributed by atoms with Crippen LogP contribution in [0.15, 0.2) is 60.7 Å². The molecule has 0 saturated carbocycles. The first kappa shape index (κ1) is 24.6. The lowest BCUT2D eigenvalue weighted by molar-refractivity contribution is -0.124. The average Bonchev–Trinajstić information content (AvgIpc) is 2.76. The van der Waals surface area contributed by atoms with Crippen LogP contribution in [-0.4, -0.2) is 44.2 Å². The summed E-state index contributed by atoms with van der Waals surface area (Å²) in [4.78, 5) is 24.9. The molecule has 0 aliphatic carbocycles. The monoisotopic (exact) mass is 426 g/mol. The fourth-order valence-corrected chi connectivity index (χ4v) is 3.37. The molecule has 0 saturated heterocycles. The van der Waals surface area contributed by atoms with Crippen molar-refractivity contribution in [3.8, 4) is 0 Å². The number of carbonyl (C=O) groups is 2. The molecular formula is C25H34N2O4. The summed E-state index contributed by atoms with van der Waals surface area (Å²) in [6, 6.07) is 18.9. The number of ether oxygens (including phenoxy) is 2. The van der Waals surface area contributed by atoms with Crippen LogP contribution in [0.3, 0.4) is 0 Å². The molecule has 0 bridgehead atoms. The fourth-order valence-electron chi connectivity index (χ4n) is 3.37. The number of Topliss-reactive ketones (excluding diaryl/α,β-unsaturated/α-hetero) is 1. The highest BCUT2D eigenvalue weighted by atomic mass is 16.5. The number of amides is 1. The van der Waals surface area contributed by atoms with Gasteiger partial charge >= 0.3 is 6.09 Å². The molecule has 1 amide bonds. The molecule has 2 aromatic rings. The highest BCUT2D eigenvalue weighted by Crippen LogP contribution is 2.08. The number of benzene rings is 2. The highest BCUT2D eigenvalue weighted by Gasteiger charge is 2.22. The Morgan fingerprint density at radius 1 is 0.935 bits per heavy atom. The Morgan fingerprint density at radius 2 is 1.55 bits per heavy atom. The number of ketones is 1. The van der Waals surface area contributed by atoms with Crippen LogP contribution in [0.25, 0.3) is 0 Å². The van der Waals surface area contributed by atoms with Gasteiger partial charge in [0.05, 0.1) is 6.04 Å². The Bertz CT molecular complexity index is 781. The summed E-state index contributed by atoms with van der Waals surface area (Å²) in [5, 5.41) is 6.28. The first-order valence-corrected chi connectivity index (χ1v) is 10.7. The maximum absolute atomic E-state index is 12.6. The normalized spacial score (nSPS) is 12.9. The number of nitrogens with one attached hydrogen (secondary N) is 2. The van der Waals surface area contributed by atoms with Crippen molar-refractivity contribution < 1.29 is 19.1 Å². The van der Waals surface area contributed by atoms with Crippen molar-refractivity contribution in [3.63, 3.8) is 0 Å². The third kappa shape index (κ3) is 9.77. The molecule has 2 unspecified atom stereocenters. The molecule has 0 spiro atoms. The summed E-state index contributed by atoms with van der Waals surface area (Å²) in [6.45, 7) is 4.93. The van der Waals surface area contributed by atoms with Crippen LogP contribution in [0.5, 0.6) is 0 Å². The van der Waals surface area contributed by atoms with Gasteiger partial charge < -0.3 is 20.1 Å². The number of rotatable bonds is 13. The fraction of sp³-hybridized carbons (Fsp3) is 0.440. The molecule has 168 valence electrons. The van der Waals surface area contributed by atoms with Crippen LogP contribution in [0.2, 0.25) is 0 Å². The van der Waals surface area contributed by atoms with Crippen LogP contribution in [0.1, 0.15) is 31.4 Å². The number of hydrogen-bond acceptors (Lipinski definition) is 5. The zero-order valence-electron chi connectivity index (χ0n) is 18.7. The van der Waals surface area contributed by atoms with Gasteiger partial charge in [-0.25, -0.2) is 4.79 Å². The van der Waals surface area contributed by atoms with Gasteiger partial charge in [-0.1, -0.05) is 74.5 Å². The lowest BCUT2D eigenvalue weighted by Crippen LogP contribution is -2.49. The predicted molar refractivity (Wildman–Crippen MR) is 122 cm³/mol. The topological polar surface area (TPSA) is 76.7 Å². The Balaban J connectivity index is 1.94. The van der Waals surface area contributed by atoms with Gasteiger partial charge in [0, 0.05) is 19.7 Å². The van der Waals surface area contributed by atoms with Gasteiger partial charge in [0.15, 0.2) is 5.78 Å². The lowest BCUT2D eigenvalue weighted by atomic mass is 10.0. The van der Waals surface area contributed by atoms with Crippen molar-refractivity contribution in [1.82, 2.24) is 10.6 Å². The van der Waals surface area contributed by atoms with Gasteiger partial charge in [-0.15, -0.1) is 0 Å². The van der Waals surface area contributed by atoms with Crippen LogP contribution in [0.4, 0.5) is 4.79 Å². The van der Waals surface area contributed by atoms with E-state index in [4.69, 9.17) is 9.47 Å². The number of methoxy groups -OCH3 is 1. The Kier molecular flexibility index (Phi) is 10.8. The summed E-state index contributed by atoms with van der Waals surface area (Å²) >= 11 is 0. The molecule has 0 fully saturated rings. The van der Waals surface area contributed by atoms with E-state index in [1.807, 2.05) is 60.7 Å². The van der Waals surface area contributed by atoms with Crippen LogP contribution >= 0.6 is 0 Å². The molecule has 2 rings (SSSR count). The van der Waals surface area contributed by atoms with Crippen molar-refractivity contribution in [2.45, 2.75) is 45.4 Å². The van der Waals surface area contributed by atoms with E-state index in [2.05, 4.69) is 24.5 Å². The van der Waals surface area contributed by atoms with E-state index in [9.17, 15) is 9.59 Å². The third-order valence-corrected chi connectivity index (χ3v) is 4.86. The standard InChI is InChI=1S/C25H34N2O4/c1-19(2)14-22(27-25(29)31-17-21-12-8-5-9-13-21)16-26-23(24(28)18-30-3)15-20-10-6-4-7-11-20/h4-13,19,22-23,26H,14-18H2,1-3H3,(H,27,29).